The van der Waals surface area contributed by atoms with Crippen LogP contribution in [0.2, 0.25) is 5.02 Å². The Hall–Kier alpha value is -2.27. The summed E-state index contributed by atoms with van der Waals surface area (Å²) in [7, 11) is 0. The number of amidine groups is 1. The van der Waals surface area contributed by atoms with Gasteiger partial charge >= 0.3 is 0 Å². The highest BCUT2D eigenvalue weighted by Crippen LogP contribution is 2.26. The normalized spacial score (nSPS) is 11.4. The lowest BCUT2D eigenvalue weighted by molar-refractivity contribution is 0.318. The van der Waals surface area contributed by atoms with E-state index in [0.717, 1.165) is 5.56 Å². The van der Waals surface area contributed by atoms with Gasteiger partial charge in [0.15, 0.2) is 5.84 Å². The molecule has 0 aliphatic heterocycles. The van der Waals surface area contributed by atoms with Crippen LogP contribution in [-0.2, 0) is 0 Å². The van der Waals surface area contributed by atoms with Gasteiger partial charge in [0, 0.05) is 11.1 Å². The maximum Gasteiger partial charge on any atom is 0.219 e. The van der Waals surface area contributed by atoms with Gasteiger partial charge < -0.3 is 15.7 Å². The molecule has 3 N–H and O–H groups in total. The van der Waals surface area contributed by atoms with Crippen molar-refractivity contribution < 1.29 is 9.94 Å². The molecule has 1 aromatic heterocycles. The SMILES string of the molecule is Cc1ccc(Cl)cc1Oc1cccc(C(N)=NO)n1. The molecule has 0 fully saturated rings. The molecule has 0 aliphatic carbocycles. The summed E-state index contributed by atoms with van der Waals surface area (Å²) in [4.78, 5) is 4.13. The van der Waals surface area contributed by atoms with E-state index in [4.69, 9.17) is 27.3 Å². The van der Waals surface area contributed by atoms with Gasteiger partial charge in [0.25, 0.3) is 0 Å². The Morgan fingerprint density at radius 3 is 2.89 bits per heavy atom. The van der Waals surface area contributed by atoms with Crippen LogP contribution in [0, 0.1) is 6.92 Å². The van der Waals surface area contributed by atoms with Crippen molar-refractivity contribution in [3.8, 4) is 11.6 Å². The summed E-state index contributed by atoms with van der Waals surface area (Å²) in [6.07, 6.45) is 0. The van der Waals surface area contributed by atoms with Gasteiger partial charge in [-0.15, -0.1) is 0 Å². The van der Waals surface area contributed by atoms with Gasteiger partial charge in [-0.2, -0.15) is 0 Å². The third-order valence-corrected chi connectivity index (χ3v) is 2.69. The molecule has 0 amide bonds. The monoisotopic (exact) mass is 277 g/mol. The van der Waals surface area contributed by atoms with E-state index < -0.39 is 0 Å². The number of aryl methyl sites for hydroxylation is 1. The first-order chi connectivity index (χ1) is 9.10. The predicted octanol–water partition coefficient (Wildman–Crippen LogP) is 2.93. The number of ether oxygens (including phenoxy) is 1. The van der Waals surface area contributed by atoms with Crippen LogP contribution in [0.15, 0.2) is 41.6 Å². The minimum Gasteiger partial charge on any atom is -0.439 e. The summed E-state index contributed by atoms with van der Waals surface area (Å²) in [6.45, 7) is 1.90. The zero-order valence-corrected chi connectivity index (χ0v) is 10.9. The van der Waals surface area contributed by atoms with Crippen molar-refractivity contribution in [2.75, 3.05) is 0 Å². The van der Waals surface area contributed by atoms with Crippen molar-refractivity contribution in [3.05, 3.63) is 52.7 Å². The van der Waals surface area contributed by atoms with Crippen LogP contribution in [0.1, 0.15) is 11.3 Å². The van der Waals surface area contributed by atoms with Gasteiger partial charge in [-0.3, -0.25) is 0 Å². The van der Waals surface area contributed by atoms with Crippen LogP contribution >= 0.6 is 11.6 Å². The number of halogens is 1. The highest BCUT2D eigenvalue weighted by Gasteiger charge is 2.06. The van der Waals surface area contributed by atoms with Crippen molar-refractivity contribution in [1.82, 2.24) is 4.98 Å². The molecular weight excluding hydrogens is 266 g/mol. The predicted molar refractivity (Wildman–Crippen MR) is 73.0 cm³/mol. The summed E-state index contributed by atoms with van der Waals surface area (Å²) in [5.41, 5.74) is 6.74. The number of hydrogen-bond acceptors (Lipinski definition) is 4. The van der Waals surface area contributed by atoms with E-state index >= 15 is 0 Å². The number of nitrogens with two attached hydrogens (primary N) is 1. The Morgan fingerprint density at radius 1 is 1.37 bits per heavy atom. The number of aromatic nitrogens is 1. The number of hydrogen-bond donors (Lipinski definition) is 2. The Labute approximate surface area is 115 Å². The molecule has 0 atom stereocenters. The smallest absolute Gasteiger partial charge is 0.219 e. The van der Waals surface area contributed by atoms with Crippen LogP contribution in [0.5, 0.6) is 11.6 Å². The van der Waals surface area contributed by atoms with Gasteiger partial charge in [0.2, 0.25) is 5.88 Å². The second kappa shape index (κ2) is 5.58. The quantitative estimate of drug-likeness (QED) is 0.391. The minimum absolute atomic E-state index is 0.0757. The molecule has 98 valence electrons. The summed E-state index contributed by atoms with van der Waals surface area (Å²) in [6, 6.07) is 10.3. The molecule has 0 saturated heterocycles. The molecule has 0 radical (unpaired) electrons. The second-order valence-electron chi connectivity index (χ2n) is 3.86. The average molecular weight is 278 g/mol. The first-order valence-corrected chi connectivity index (χ1v) is 5.87. The number of nitrogens with zero attached hydrogens (tertiary/aromatic N) is 2. The maximum atomic E-state index is 8.61. The fourth-order valence-electron chi connectivity index (χ4n) is 1.46. The second-order valence-corrected chi connectivity index (χ2v) is 4.29. The fourth-order valence-corrected chi connectivity index (χ4v) is 1.62. The van der Waals surface area contributed by atoms with Gasteiger partial charge in [-0.25, -0.2) is 4.98 Å². The Balaban J connectivity index is 2.31. The molecule has 0 aliphatic rings. The van der Waals surface area contributed by atoms with Crippen LogP contribution in [0.25, 0.3) is 0 Å². The minimum atomic E-state index is -0.0757. The third-order valence-electron chi connectivity index (χ3n) is 2.46. The van der Waals surface area contributed by atoms with E-state index in [-0.39, 0.29) is 5.84 Å². The van der Waals surface area contributed by atoms with Crippen molar-refractivity contribution >= 4 is 17.4 Å². The lowest BCUT2D eigenvalue weighted by Gasteiger charge is -2.09. The molecule has 0 saturated carbocycles. The highest BCUT2D eigenvalue weighted by atomic mass is 35.5. The van der Waals surface area contributed by atoms with Crippen molar-refractivity contribution in [3.63, 3.8) is 0 Å². The zero-order chi connectivity index (χ0) is 13.8. The number of benzene rings is 1. The molecule has 1 heterocycles. The van der Waals surface area contributed by atoms with E-state index in [2.05, 4.69) is 10.1 Å². The molecule has 19 heavy (non-hydrogen) atoms. The molecule has 2 aromatic rings. The van der Waals surface area contributed by atoms with E-state index in [1.54, 1.807) is 30.3 Å². The molecule has 0 bridgehead atoms. The average Bonchev–Trinajstić information content (AvgIpc) is 2.42. The lowest BCUT2D eigenvalue weighted by Crippen LogP contribution is -2.14. The summed E-state index contributed by atoms with van der Waals surface area (Å²) in [5.74, 6) is 0.874. The lowest BCUT2D eigenvalue weighted by atomic mass is 10.2. The Morgan fingerprint density at radius 2 is 2.16 bits per heavy atom. The molecule has 5 nitrogen and oxygen atoms in total. The number of rotatable bonds is 3. The van der Waals surface area contributed by atoms with Gasteiger partial charge in [0.05, 0.1) is 0 Å². The zero-order valence-electron chi connectivity index (χ0n) is 10.2. The molecule has 0 spiro atoms. The summed E-state index contributed by atoms with van der Waals surface area (Å²) < 4.78 is 5.64. The summed E-state index contributed by atoms with van der Waals surface area (Å²) >= 11 is 5.91. The highest BCUT2D eigenvalue weighted by molar-refractivity contribution is 6.30. The van der Waals surface area contributed by atoms with Crippen LogP contribution in [0.4, 0.5) is 0 Å². The van der Waals surface area contributed by atoms with E-state index in [1.165, 1.54) is 0 Å². The van der Waals surface area contributed by atoms with E-state index in [9.17, 15) is 0 Å². The van der Waals surface area contributed by atoms with Gasteiger partial charge in [0.1, 0.15) is 11.4 Å². The topological polar surface area (TPSA) is 80.7 Å². The number of pyridine rings is 1. The Bertz CT molecular complexity index is 629. The van der Waals surface area contributed by atoms with Crippen LogP contribution in [0.3, 0.4) is 0 Å². The van der Waals surface area contributed by atoms with Crippen molar-refractivity contribution in [2.45, 2.75) is 6.92 Å². The fraction of sp³-hybridized carbons (Fsp3) is 0.0769. The number of oxime groups is 1. The first kappa shape index (κ1) is 13.2. The molecule has 6 heteroatoms. The standard InChI is InChI=1S/C13H12ClN3O2/c1-8-5-6-9(14)7-11(8)19-12-4-2-3-10(16-12)13(15)17-18/h2-7,18H,1H3,(H2,15,17). The van der Waals surface area contributed by atoms with Gasteiger partial charge in [-0.05, 0) is 30.7 Å². The molecule has 0 unspecified atom stereocenters. The van der Waals surface area contributed by atoms with Crippen molar-refractivity contribution in [1.29, 1.82) is 0 Å². The largest absolute Gasteiger partial charge is 0.439 e. The molecule has 2 rings (SSSR count). The first-order valence-electron chi connectivity index (χ1n) is 5.49. The van der Waals surface area contributed by atoms with E-state index in [0.29, 0.717) is 22.3 Å². The maximum absolute atomic E-state index is 8.61. The summed E-state index contributed by atoms with van der Waals surface area (Å²) in [5, 5.41) is 12.1. The van der Waals surface area contributed by atoms with Crippen molar-refractivity contribution in [2.24, 2.45) is 10.9 Å². The van der Waals surface area contributed by atoms with E-state index in [1.807, 2.05) is 13.0 Å². The Kier molecular flexibility index (Phi) is 3.87. The van der Waals surface area contributed by atoms with Crippen LogP contribution in [-0.4, -0.2) is 16.0 Å². The van der Waals surface area contributed by atoms with Gasteiger partial charge in [-0.1, -0.05) is 28.9 Å². The molecular formula is C13H12ClN3O2. The third kappa shape index (κ3) is 3.14. The van der Waals surface area contributed by atoms with Crippen LogP contribution < -0.4 is 10.5 Å². The molecule has 1 aromatic carbocycles.